The maximum absolute atomic E-state index is 5.81. The Morgan fingerprint density at radius 2 is 2.05 bits per heavy atom. The minimum Gasteiger partial charge on any atom is -0.399 e. The van der Waals surface area contributed by atoms with Crippen LogP contribution in [0, 0.1) is 0 Å². The first kappa shape index (κ1) is 11.7. The maximum atomic E-state index is 5.81. The molecule has 5 nitrogen and oxygen atoms in total. The fourth-order valence-electron chi connectivity index (χ4n) is 1.87. The number of hydrogen-bond acceptors (Lipinski definition) is 4. The van der Waals surface area contributed by atoms with Gasteiger partial charge in [0.1, 0.15) is 0 Å². The molecule has 0 radical (unpaired) electrons. The first-order chi connectivity index (χ1) is 9.24. The molecule has 0 aliphatic rings. The molecule has 0 aliphatic carbocycles. The largest absolute Gasteiger partial charge is 0.399 e. The molecule has 0 bridgehead atoms. The molecule has 0 fully saturated rings. The highest BCUT2D eigenvalue weighted by Gasteiger charge is 2.12. The maximum Gasteiger partial charge on any atom is 0.222 e. The number of nitrogens with one attached hydrogen (secondary N) is 1. The van der Waals surface area contributed by atoms with Crippen LogP contribution in [0.2, 0.25) is 5.28 Å². The second-order valence-electron chi connectivity index (χ2n) is 3.96. The van der Waals surface area contributed by atoms with Crippen LogP contribution in [0.3, 0.4) is 0 Å². The summed E-state index contributed by atoms with van der Waals surface area (Å²) < 4.78 is 0. The van der Waals surface area contributed by atoms with Gasteiger partial charge in [-0.05, 0) is 29.8 Å². The number of aromatic amines is 1. The Hall–Kier alpha value is -2.40. The minimum atomic E-state index is 0.200. The number of imidazole rings is 1. The molecule has 19 heavy (non-hydrogen) atoms. The van der Waals surface area contributed by atoms with Gasteiger partial charge in [0.2, 0.25) is 5.28 Å². The molecule has 0 saturated heterocycles. The topological polar surface area (TPSA) is 80.5 Å². The van der Waals surface area contributed by atoms with Gasteiger partial charge in [-0.15, -0.1) is 0 Å². The monoisotopic (exact) mass is 271 g/mol. The lowest BCUT2D eigenvalue weighted by molar-refractivity contribution is 1.16. The minimum absolute atomic E-state index is 0.200. The number of H-pyrrole nitrogens is 1. The zero-order chi connectivity index (χ0) is 13.2. The third kappa shape index (κ3) is 2.28. The third-order valence-electron chi connectivity index (χ3n) is 2.68. The van der Waals surface area contributed by atoms with Crippen LogP contribution < -0.4 is 5.73 Å². The lowest BCUT2D eigenvalue weighted by Gasteiger charge is -2.03. The molecule has 6 heteroatoms. The van der Waals surface area contributed by atoms with Gasteiger partial charge >= 0.3 is 0 Å². The fraction of sp³-hybridized carbons (Fsp3) is 0. The van der Waals surface area contributed by atoms with Crippen LogP contribution in [-0.4, -0.2) is 19.9 Å². The van der Waals surface area contributed by atoms with Crippen molar-refractivity contribution in [1.82, 2.24) is 19.9 Å². The van der Waals surface area contributed by atoms with E-state index in [-0.39, 0.29) is 5.28 Å². The van der Waals surface area contributed by atoms with Crippen LogP contribution in [0.15, 0.2) is 42.9 Å². The van der Waals surface area contributed by atoms with Gasteiger partial charge in [-0.25, -0.2) is 15.0 Å². The lowest BCUT2D eigenvalue weighted by atomic mass is 10.1. The van der Waals surface area contributed by atoms with E-state index in [1.165, 1.54) is 0 Å². The summed E-state index contributed by atoms with van der Waals surface area (Å²) >= 11 is 5.81. The number of benzene rings is 1. The summed E-state index contributed by atoms with van der Waals surface area (Å²) in [4.78, 5) is 15.4. The summed E-state index contributed by atoms with van der Waals surface area (Å²) in [7, 11) is 0. The number of rotatable bonds is 2. The molecule has 0 atom stereocenters. The molecule has 0 spiro atoms. The van der Waals surface area contributed by atoms with Crippen LogP contribution >= 0.6 is 11.6 Å². The summed E-state index contributed by atoms with van der Waals surface area (Å²) in [5.74, 6) is 0. The third-order valence-corrected chi connectivity index (χ3v) is 2.86. The average Bonchev–Trinajstić information content (AvgIpc) is 2.88. The predicted molar refractivity (Wildman–Crippen MR) is 74.5 cm³/mol. The van der Waals surface area contributed by atoms with Crippen LogP contribution in [0.4, 0.5) is 5.69 Å². The van der Waals surface area contributed by atoms with Crippen molar-refractivity contribution in [2.45, 2.75) is 0 Å². The van der Waals surface area contributed by atoms with Crippen molar-refractivity contribution in [3.63, 3.8) is 0 Å². The molecule has 94 valence electrons. The van der Waals surface area contributed by atoms with E-state index in [0.717, 1.165) is 17.0 Å². The molecule has 0 aliphatic heterocycles. The quantitative estimate of drug-likeness (QED) is 0.555. The molecule has 0 unspecified atom stereocenters. The molecule has 0 amide bonds. The highest BCUT2D eigenvalue weighted by molar-refractivity contribution is 6.28. The normalized spacial score (nSPS) is 10.6. The predicted octanol–water partition coefficient (Wildman–Crippen LogP) is 2.77. The smallest absolute Gasteiger partial charge is 0.222 e. The van der Waals surface area contributed by atoms with Crippen LogP contribution in [-0.2, 0) is 0 Å². The van der Waals surface area contributed by atoms with E-state index >= 15 is 0 Å². The van der Waals surface area contributed by atoms with E-state index < -0.39 is 0 Å². The zero-order valence-electron chi connectivity index (χ0n) is 9.84. The highest BCUT2D eigenvalue weighted by Crippen LogP contribution is 2.28. The van der Waals surface area contributed by atoms with E-state index in [1.807, 2.05) is 24.3 Å². The van der Waals surface area contributed by atoms with Crippen LogP contribution in [0.25, 0.3) is 22.6 Å². The molecular formula is C13H10ClN5. The van der Waals surface area contributed by atoms with E-state index in [9.17, 15) is 0 Å². The highest BCUT2D eigenvalue weighted by atomic mass is 35.5. The van der Waals surface area contributed by atoms with Gasteiger partial charge < -0.3 is 10.7 Å². The van der Waals surface area contributed by atoms with E-state index in [4.69, 9.17) is 17.3 Å². The summed E-state index contributed by atoms with van der Waals surface area (Å²) in [6.07, 6.45) is 3.22. The second-order valence-corrected chi connectivity index (χ2v) is 4.30. The van der Waals surface area contributed by atoms with Crippen LogP contribution in [0.5, 0.6) is 0 Å². The summed E-state index contributed by atoms with van der Waals surface area (Å²) in [6, 6.07) is 9.30. The molecule has 1 aromatic carbocycles. The molecule has 2 aromatic heterocycles. The van der Waals surface area contributed by atoms with Gasteiger partial charge in [0.25, 0.3) is 0 Å². The van der Waals surface area contributed by atoms with Crippen molar-refractivity contribution in [2.75, 3.05) is 5.73 Å². The Morgan fingerprint density at radius 1 is 1.16 bits per heavy atom. The molecular weight excluding hydrogens is 262 g/mol. The standard InChI is InChI=1S/C13H10ClN5/c14-13-16-5-4-10(19-13)12-11(17-7-18-12)8-2-1-3-9(15)6-8/h1-7H,15H2,(H,17,18). The second kappa shape index (κ2) is 4.70. The number of nitrogens with zero attached hydrogens (tertiary/aromatic N) is 3. The number of nitrogens with two attached hydrogens (primary N) is 1. The summed E-state index contributed by atoms with van der Waals surface area (Å²) in [6.45, 7) is 0. The molecule has 3 N–H and O–H groups in total. The zero-order valence-corrected chi connectivity index (χ0v) is 10.6. The van der Waals surface area contributed by atoms with Gasteiger partial charge in [-0.1, -0.05) is 12.1 Å². The number of anilines is 1. The Labute approximate surface area is 114 Å². The molecule has 0 saturated carbocycles. The Bertz CT molecular complexity index is 662. The fourth-order valence-corrected chi connectivity index (χ4v) is 2.02. The van der Waals surface area contributed by atoms with Crippen molar-refractivity contribution >= 4 is 17.3 Å². The lowest BCUT2D eigenvalue weighted by Crippen LogP contribution is -1.90. The van der Waals surface area contributed by atoms with Gasteiger partial charge in [0, 0.05) is 17.4 Å². The van der Waals surface area contributed by atoms with E-state index in [0.29, 0.717) is 11.4 Å². The van der Waals surface area contributed by atoms with Gasteiger partial charge in [-0.2, -0.15) is 0 Å². The van der Waals surface area contributed by atoms with Gasteiger partial charge in [0.15, 0.2) is 0 Å². The molecule has 3 rings (SSSR count). The number of nitrogen functional groups attached to an aromatic ring is 1. The first-order valence-electron chi connectivity index (χ1n) is 5.62. The van der Waals surface area contributed by atoms with Crippen molar-refractivity contribution in [3.05, 3.63) is 48.1 Å². The van der Waals surface area contributed by atoms with Gasteiger partial charge in [0.05, 0.1) is 23.4 Å². The Morgan fingerprint density at radius 3 is 2.84 bits per heavy atom. The van der Waals surface area contributed by atoms with Crippen molar-refractivity contribution < 1.29 is 0 Å². The Kier molecular flexibility index (Phi) is 2.89. The van der Waals surface area contributed by atoms with Crippen molar-refractivity contribution in [1.29, 1.82) is 0 Å². The first-order valence-corrected chi connectivity index (χ1v) is 6.00. The van der Waals surface area contributed by atoms with Crippen molar-refractivity contribution in [2.24, 2.45) is 0 Å². The number of halogens is 1. The summed E-state index contributed by atoms with van der Waals surface area (Å²) in [5.41, 5.74) is 9.66. The summed E-state index contributed by atoms with van der Waals surface area (Å²) in [5, 5.41) is 0.200. The van der Waals surface area contributed by atoms with E-state index in [1.54, 1.807) is 18.6 Å². The SMILES string of the molecule is Nc1cccc(-c2nc[nH]c2-c2ccnc(Cl)n2)c1. The number of aromatic nitrogens is 4. The van der Waals surface area contributed by atoms with Crippen LogP contribution in [0.1, 0.15) is 0 Å². The van der Waals surface area contributed by atoms with Crippen molar-refractivity contribution in [3.8, 4) is 22.6 Å². The van der Waals surface area contributed by atoms with E-state index in [2.05, 4.69) is 19.9 Å². The average molecular weight is 272 g/mol. The molecule has 2 heterocycles. The van der Waals surface area contributed by atoms with Gasteiger partial charge in [-0.3, -0.25) is 0 Å². The number of hydrogen-bond donors (Lipinski definition) is 2. The Balaban J connectivity index is 2.13. The molecule has 3 aromatic rings.